The van der Waals surface area contributed by atoms with Crippen LogP contribution in [-0.2, 0) is 10.9 Å². The van der Waals surface area contributed by atoms with Crippen LogP contribution >= 0.6 is 15.9 Å². The van der Waals surface area contributed by atoms with Gasteiger partial charge in [-0.1, -0.05) is 0 Å². The fourth-order valence-electron chi connectivity index (χ4n) is 2.93. The monoisotopic (exact) mass is 496 g/mol. The van der Waals surface area contributed by atoms with Crippen LogP contribution in [0.25, 0.3) is 22.3 Å². The van der Waals surface area contributed by atoms with E-state index in [0.29, 0.717) is 16.8 Å². The van der Waals surface area contributed by atoms with Gasteiger partial charge in [0, 0.05) is 22.4 Å². The second-order valence-corrected chi connectivity index (χ2v) is 8.56. The van der Waals surface area contributed by atoms with Crippen molar-refractivity contribution in [2.24, 2.45) is 0 Å². The molecule has 162 valence electrons. The van der Waals surface area contributed by atoms with E-state index in [9.17, 15) is 18.0 Å². The lowest BCUT2D eigenvalue weighted by atomic mass is 10.1. The number of carbonyl (C=O) groups is 1. The normalized spacial score (nSPS) is 14.7. The van der Waals surface area contributed by atoms with Crippen LogP contribution in [0.15, 0.2) is 41.4 Å². The lowest BCUT2D eigenvalue weighted by molar-refractivity contribution is -0.137. The molecule has 3 aromatic rings. The molecule has 1 aliphatic heterocycles. The highest BCUT2D eigenvalue weighted by Crippen LogP contribution is 2.36. The van der Waals surface area contributed by atoms with Crippen LogP contribution < -0.4 is 5.43 Å². The first kappa shape index (κ1) is 21.1. The van der Waals surface area contributed by atoms with Crippen molar-refractivity contribution in [3.05, 3.63) is 52.7 Å². The summed E-state index contributed by atoms with van der Waals surface area (Å²) in [5, 5.41) is 9.00. The maximum absolute atomic E-state index is 13.2. The smallest absolute Gasteiger partial charge is 0.433 e. The summed E-state index contributed by atoms with van der Waals surface area (Å²) in [4.78, 5) is 16.7. The van der Waals surface area contributed by atoms with Crippen molar-refractivity contribution in [2.45, 2.75) is 32.5 Å². The van der Waals surface area contributed by atoms with Gasteiger partial charge in [-0.3, -0.25) is 9.83 Å². The van der Waals surface area contributed by atoms with Gasteiger partial charge in [0.15, 0.2) is 5.65 Å². The van der Waals surface area contributed by atoms with Gasteiger partial charge in [0.1, 0.15) is 23.1 Å². The Hall–Kier alpha value is -3.15. The summed E-state index contributed by atoms with van der Waals surface area (Å²) in [6.07, 6.45) is 0.804. The Kier molecular flexibility index (Phi) is 4.91. The molecule has 3 heterocycles. The van der Waals surface area contributed by atoms with E-state index in [1.54, 1.807) is 26.8 Å². The summed E-state index contributed by atoms with van der Waals surface area (Å²) in [6.45, 7) is 5.26. The number of allylic oxidation sites excluding steroid dienone is 2. The summed E-state index contributed by atoms with van der Waals surface area (Å²) in [5.41, 5.74) is 3.01. The van der Waals surface area contributed by atoms with Crippen molar-refractivity contribution in [2.75, 3.05) is 0 Å². The minimum atomic E-state index is -4.51. The highest BCUT2D eigenvalue weighted by Gasteiger charge is 2.32. The second kappa shape index (κ2) is 7.22. The molecule has 0 saturated carbocycles. The Balaban J connectivity index is 1.76. The van der Waals surface area contributed by atoms with Crippen molar-refractivity contribution in [3.8, 4) is 0 Å². The van der Waals surface area contributed by atoms with Gasteiger partial charge in [-0.25, -0.2) is 9.78 Å². The number of nitrogens with zero attached hydrogens (tertiary/aromatic N) is 5. The topological polar surface area (TPSA) is 84.7 Å². The van der Waals surface area contributed by atoms with Crippen molar-refractivity contribution in [1.29, 1.82) is 0 Å². The van der Waals surface area contributed by atoms with Gasteiger partial charge in [0.2, 0.25) is 0 Å². The lowest BCUT2D eigenvalue weighted by Gasteiger charge is -2.26. The van der Waals surface area contributed by atoms with E-state index in [1.807, 2.05) is 0 Å². The number of benzene rings is 1. The molecule has 0 fully saturated rings. The summed E-state index contributed by atoms with van der Waals surface area (Å²) < 4.78 is 46.6. The van der Waals surface area contributed by atoms with Crippen LogP contribution in [0.5, 0.6) is 0 Å². The number of amides is 1. The van der Waals surface area contributed by atoms with E-state index < -0.39 is 23.4 Å². The molecule has 0 unspecified atom stereocenters. The van der Waals surface area contributed by atoms with Crippen LogP contribution in [0.1, 0.15) is 32.0 Å². The van der Waals surface area contributed by atoms with E-state index in [0.717, 1.165) is 17.1 Å². The molecule has 0 spiro atoms. The van der Waals surface area contributed by atoms with E-state index in [1.165, 1.54) is 23.1 Å². The number of hydrazine groups is 1. The molecule has 1 aliphatic rings. The van der Waals surface area contributed by atoms with Gasteiger partial charge in [0.25, 0.3) is 0 Å². The predicted molar refractivity (Wildman–Crippen MR) is 109 cm³/mol. The van der Waals surface area contributed by atoms with Gasteiger partial charge >= 0.3 is 12.3 Å². The number of alkyl halides is 3. The molecule has 0 saturated heterocycles. The summed E-state index contributed by atoms with van der Waals surface area (Å²) >= 11 is 3.19. The minimum Gasteiger partial charge on any atom is -0.442 e. The maximum atomic E-state index is 13.2. The number of hydrogen-bond donors (Lipinski definition) is 1. The first-order valence-electron chi connectivity index (χ1n) is 9.01. The van der Waals surface area contributed by atoms with Crippen LogP contribution in [0.3, 0.4) is 0 Å². The maximum Gasteiger partial charge on any atom is 0.433 e. The zero-order valence-electron chi connectivity index (χ0n) is 16.5. The molecule has 0 aliphatic carbocycles. The average Bonchev–Trinajstić information content (AvgIpc) is 3.15. The molecule has 1 N–H and O–H groups in total. The number of rotatable bonds is 1. The number of ether oxygens (including phenoxy) is 1. The fraction of sp³-hybridized carbons (Fsp3) is 0.263. The first-order valence-corrected chi connectivity index (χ1v) is 9.81. The van der Waals surface area contributed by atoms with Gasteiger partial charge < -0.3 is 4.74 Å². The third kappa shape index (κ3) is 4.07. The fourth-order valence-corrected chi connectivity index (χ4v) is 3.47. The van der Waals surface area contributed by atoms with Crippen LogP contribution in [0, 0.1) is 0 Å². The minimum absolute atomic E-state index is 0.179. The Morgan fingerprint density at radius 1 is 1.23 bits per heavy atom. The molecular formula is C19H16BrF3N6O2. The first-order chi connectivity index (χ1) is 14.4. The van der Waals surface area contributed by atoms with Gasteiger partial charge in [-0.15, -0.1) is 10.2 Å². The van der Waals surface area contributed by atoms with Crippen molar-refractivity contribution < 1.29 is 22.7 Å². The number of fused-ring (bicyclic) bond motifs is 3. The average molecular weight is 497 g/mol. The number of halogens is 4. The zero-order valence-corrected chi connectivity index (χ0v) is 18.1. The Morgan fingerprint density at radius 3 is 2.58 bits per heavy atom. The summed E-state index contributed by atoms with van der Waals surface area (Å²) in [7, 11) is 0. The standard InChI is InChI=1S/C19H16BrF3N6O2/c1-18(2,3)31-17(30)29-5-4-10(8-25-29)14-16-27-24-9-28(16)13-7-11(19(21,22)23)6-12(20)15(13)26-14/h4-9,25H,1-3H3. The largest absolute Gasteiger partial charge is 0.442 e. The molecule has 0 radical (unpaired) electrons. The number of hydrogen-bond acceptors (Lipinski definition) is 6. The predicted octanol–water partition coefficient (Wildman–Crippen LogP) is 4.67. The highest BCUT2D eigenvalue weighted by atomic mass is 79.9. The Bertz CT molecular complexity index is 1260. The quantitative estimate of drug-likeness (QED) is 0.526. The summed E-state index contributed by atoms with van der Waals surface area (Å²) in [5.74, 6) is 0. The third-order valence-corrected chi connectivity index (χ3v) is 4.84. The van der Waals surface area contributed by atoms with Gasteiger partial charge in [0.05, 0.1) is 11.1 Å². The van der Waals surface area contributed by atoms with Gasteiger partial charge in [-0.2, -0.15) is 18.2 Å². The number of aromatic nitrogens is 4. The molecule has 1 aromatic carbocycles. The molecular weight excluding hydrogens is 481 g/mol. The lowest BCUT2D eigenvalue weighted by Crippen LogP contribution is -2.40. The highest BCUT2D eigenvalue weighted by molar-refractivity contribution is 9.10. The van der Waals surface area contributed by atoms with Crippen LogP contribution in [0.2, 0.25) is 0 Å². The number of carbonyl (C=O) groups excluding carboxylic acids is 1. The second-order valence-electron chi connectivity index (χ2n) is 7.70. The summed E-state index contributed by atoms with van der Waals surface area (Å²) in [6, 6.07) is 1.98. The SMILES string of the molecule is CC(C)(C)OC(=O)N1C=CC(c2nc3c(Br)cc(C(F)(F)F)cc3n3cnnc23)=CN1. The molecule has 0 atom stereocenters. The molecule has 12 heteroatoms. The Labute approximate surface area is 182 Å². The zero-order chi connectivity index (χ0) is 22.6. The molecule has 1 amide bonds. The molecule has 31 heavy (non-hydrogen) atoms. The van der Waals surface area contributed by atoms with Crippen LogP contribution in [0.4, 0.5) is 18.0 Å². The van der Waals surface area contributed by atoms with E-state index in [2.05, 4.69) is 36.5 Å². The number of nitrogens with one attached hydrogen (secondary N) is 1. The van der Waals surface area contributed by atoms with Crippen LogP contribution in [-0.4, -0.2) is 36.3 Å². The molecule has 4 rings (SSSR count). The van der Waals surface area contributed by atoms with Crippen molar-refractivity contribution in [1.82, 2.24) is 30.0 Å². The van der Waals surface area contributed by atoms with E-state index in [4.69, 9.17) is 4.74 Å². The molecule has 0 bridgehead atoms. The van der Waals surface area contributed by atoms with E-state index in [-0.39, 0.29) is 15.6 Å². The van der Waals surface area contributed by atoms with Crippen molar-refractivity contribution >= 4 is 44.3 Å². The Morgan fingerprint density at radius 2 is 1.97 bits per heavy atom. The molecule has 2 aromatic heterocycles. The van der Waals surface area contributed by atoms with Crippen molar-refractivity contribution in [3.63, 3.8) is 0 Å². The van der Waals surface area contributed by atoms with E-state index >= 15 is 0 Å². The molecule has 8 nitrogen and oxygen atoms in total. The third-order valence-electron chi connectivity index (χ3n) is 4.24. The van der Waals surface area contributed by atoms with Gasteiger partial charge in [-0.05, 0) is 54.9 Å².